The molecule has 0 aromatic carbocycles. The minimum atomic E-state index is -0.405. The van der Waals surface area contributed by atoms with Gasteiger partial charge in [-0.15, -0.1) is 0 Å². The van der Waals surface area contributed by atoms with Crippen molar-refractivity contribution >= 4 is 23.6 Å². The highest BCUT2D eigenvalue weighted by Crippen LogP contribution is 2.02. The van der Waals surface area contributed by atoms with Gasteiger partial charge < -0.3 is 10.6 Å². The van der Waals surface area contributed by atoms with Gasteiger partial charge >= 0.3 is 0 Å². The highest BCUT2D eigenvalue weighted by molar-refractivity contribution is 7.99. The van der Waals surface area contributed by atoms with Gasteiger partial charge in [0.25, 0.3) is 0 Å². The second kappa shape index (κ2) is 7.67. The summed E-state index contributed by atoms with van der Waals surface area (Å²) < 4.78 is 0. The van der Waals surface area contributed by atoms with Crippen LogP contribution in [0.4, 0.5) is 0 Å². The Hall–Kier alpha value is -0.710. The fourth-order valence-electron chi connectivity index (χ4n) is 0.961. The highest BCUT2D eigenvalue weighted by atomic mass is 32.2. The molecule has 1 unspecified atom stereocenters. The van der Waals surface area contributed by atoms with Crippen molar-refractivity contribution in [2.45, 2.75) is 26.8 Å². The first-order valence-electron chi connectivity index (χ1n) is 4.74. The van der Waals surface area contributed by atoms with E-state index in [4.69, 9.17) is 0 Å². The third-order valence-electron chi connectivity index (χ3n) is 1.53. The zero-order valence-electron chi connectivity index (χ0n) is 8.92. The topological polar surface area (TPSA) is 58.2 Å². The van der Waals surface area contributed by atoms with Crippen molar-refractivity contribution < 1.29 is 9.59 Å². The number of hydrogen-bond donors (Lipinski definition) is 2. The Kier molecular flexibility index (Phi) is 7.28. The molecule has 0 radical (unpaired) electrons. The minimum absolute atomic E-state index is 0.108. The van der Waals surface area contributed by atoms with Crippen LogP contribution in [0.5, 0.6) is 0 Å². The summed E-state index contributed by atoms with van der Waals surface area (Å²) in [7, 11) is 0. The Labute approximate surface area is 89.2 Å². The molecule has 0 aliphatic carbocycles. The molecule has 2 N–H and O–H groups in total. The van der Waals surface area contributed by atoms with Gasteiger partial charge in [0.2, 0.25) is 11.8 Å². The van der Waals surface area contributed by atoms with Crippen molar-refractivity contribution in [2.24, 2.45) is 0 Å². The average molecular weight is 218 g/mol. The number of carbonyl (C=O) groups is 2. The van der Waals surface area contributed by atoms with Gasteiger partial charge in [-0.25, -0.2) is 0 Å². The maximum absolute atomic E-state index is 11.4. The molecule has 0 rings (SSSR count). The van der Waals surface area contributed by atoms with Gasteiger partial charge in [0, 0.05) is 19.2 Å². The maximum Gasteiger partial charge on any atom is 0.243 e. The van der Waals surface area contributed by atoms with E-state index in [9.17, 15) is 9.59 Å². The van der Waals surface area contributed by atoms with Gasteiger partial charge in [0.05, 0.1) is 0 Å². The number of hydrogen-bond acceptors (Lipinski definition) is 3. The van der Waals surface area contributed by atoms with Crippen LogP contribution in [0, 0.1) is 0 Å². The molecule has 0 bridgehead atoms. The summed E-state index contributed by atoms with van der Waals surface area (Å²) in [6, 6.07) is -0.405. The van der Waals surface area contributed by atoms with Crippen molar-refractivity contribution in [3.63, 3.8) is 0 Å². The maximum atomic E-state index is 11.4. The fourth-order valence-corrected chi connectivity index (χ4v) is 1.67. The summed E-state index contributed by atoms with van der Waals surface area (Å²) in [4.78, 5) is 22.3. The largest absolute Gasteiger partial charge is 0.355 e. The lowest BCUT2D eigenvalue weighted by Gasteiger charge is -2.16. The molecule has 0 aliphatic heterocycles. The molecule has 0 aromatic rings. The standard InChI is InChI=1S/C9H18N2O2S/c1-4-10-9(13)8(6-14-5-2)11-7(3)12/h8H,4-6H2,1-3H3,(H,10,13)(H,11,12). The molecule has 0 heterocycles. The van der Waals surface area contributed by atoms with Crippen LogP contribution in [0.3, 0.4) is 0 Å². The molecule has 4 nitrogen and oxygen atoms in total. The van der Waals surface area contributed by atoms with Crippen LogP contribution in [0.15, 0.2) is 0 Å². The van der Waals surface area contributed by atoms with E-state index >= 15 is 0 Å². The number of amides is 2. The monoisotopic (exact) mass is 218 g/mol. The molecule has 5 heteroatoms. The van der Waals surface area contributed by atoms with Gasteiger partial charge in [0.15, 0.2) is 0 Å². The smallest absolute Gasteiger partial charge is 0.243 e. The Bertz CT molecular complexity index is 197. The summed E-state index contributed by atoms with van der Waals surface area (Å²) >= 11 is 1.64. The van der Waals surface area contributed by atoms with Crippen molar-refractivity contribution in [2.75, 3.05) is 18.1 Å². The quantitative estimate of drug-likeness (QED) is 0.677. The Morgan fingerprint density at radius 1 is 1.36 bits per heavy atom. The normalized spacial score (nSPS) is 11.9. The number of nitrogens with one attached hydrogen (secondary N) is 2. The molecule has 1 atom stereocenters. The minimum Gasteiger partial charge on any atom is -0.355 e. The van der Waals surface area contributed by atoms with Crippen LogP contribution in [-0.2, 0) is 9.59 Å². The molecule has 2 amide bonds. The molecule has 0 saturated carbocycles. The van der Waals surface area contributed by atoms with Crippen molar-refractivity contribution in [1.29, 1.82) is 0 Å². The Balaban J connectivity index is 4.08. The first-order chi connectivity index (χ1) is 6.61. The van der Waals surface area contributed by atoms with Crippen LogP contribution in [0.25, 0.3) is 0 Å². The van der Waals surface area contributed by atoms with Crippen molar-refractivity contribution in [3.8, 4) is 0 Å². The van der Waals surface area contributed by atoms with Gasteiger partial charge in [0.1, 0.15) is 6.04 Å². The number of likely N-dealkylation sites (N-methyl/N-ethyl adjacent to an activating group) is 1. The second-order valence-electron chi connectivity index (χ2n) is 2.81. The van der Waals surface area contributed by atoms with E-state index in [1.807, 2.05) is 13.8 Å². The van der Waals surface area contributed by atoms with Crippen LogP contribution in [0.2, 0.25) is 0 Å². The Morgan fingerprint density at radius 2 is 2.00 bits per heavy atom. The first-order valence-corrected chi connectivity index (χ1v) is 5.89. The number of thioether (sulfide) groups is 1. The molecule has 0 aromatic heterocycles. The first kappa shape index (κ1) is 13.3. The molecule has 14 heavy (non-hydrogen) atoms. The third-order valence-corrected chi connectivity index (χ3v) is 2.51. The van der Waals surface area contributed by atoms with Gasteiger partial charge in [-0.1, -0.05) is 6.92 Å². The van der Waals surface area contributed by atoms with E-state index in [1.54, 1.807) is 11.8 Å². The third kappa shape index (κ3) is 5.85. The van der Waals surface area contributed by atoms with Gasteiger partial charge in [-0.05, 0) is 12.7 Å². The SMILES string of the molecule is CCNC(=O)C(CSCC)NC(C)=O. The molecule has 82 valence electrons. The average Bonchev–Trinajstić information content (AvgIpc) is 2.12. The summed E-state index contributed by atoms with van der Waals surface area (Å²) in [6.45, 7) is 5.89. The fraction of sp³-hybridized carbons (Fsp3) is 0.778. The zero-order chi connectivity index (χ0) is 11.0. The van der Waals surface area contributed by atoms with E-state index < -0.39 is 6.04 Å². The van der Waals surface area contributed by atoms with Crippen molar-refractivity contribution in [3.05, 3.63) is 0 Å². The summed E-state index contributed by atoms with van der Waals surface area (Å²) in [5.41, 5.74) is 0. The summed E-state index contributed by atoms with van der Waals surface area (Å²) in [5, 5.41) is 5.32. The molecule has 0 saturated heterocycles. The van der Waals surface area contributed by atoms with Crippen LogP contribution in [-0.4, -0.2) is 35.9 Å². The molecular weight excluding hydrogens is 200 g/mol. The van der Waals surface area contributed by atoms with Crippen molar-refractivity contribution in [1.82, 2.24) is 10.6 Å². The van der Waals surface area contributed by atoms with Crippen LogP contribution in [0.1, 0.15) is 20.8 Å². The van der Waals surface area contributed by atoms with Gasteiger partial charge in [-0.3, -0.25) is 9.59 Å². The Morgan fingerprint density at radius 3 is 2.43 bits per heavy atom. The van der Waals surface area contributed by atoms with Crippen LogP contribution < -0.4 is 10.6 Å². The lowest BCUT2D eigenvalue weighted by Crippen LogP contribution is -2.47. The summed E-state index contributed by atoms with van der Waals surface area (Å²) in [6.07, 6.45) is 0. The lowest BCUT2D eigenvalue weighted by molar-refractivity contribution is -0.127. The molecule has 0 fully saturated rings. The predicted octanol–water partition coefficient (Wildman–Crippen LogP) is 0.380. The zero-order valence-corrected chi connectivity index (χ0v) is 9.74. The molecular formula is C9H18N2O2S. The molecule has 0 aliphatic rings. The van der Waals surface area contributed by atoms with Gasteiger partial charge in [-0.2, -0.15) is 11.8 Å². The summed E-state index contributed by atoms with van der Waals surface area (Å²) in [5.74, 6) is 1.29. The van der Waals surface area contributed by atoms with Crippen LogP contribution >= 0.6 is 11.8 Å². The van der Waals surface area contributed by atoms with E-state index in [1.165, 1.54) is 6.92 Å². The number of carbonyl (C=O) groups excluding carboxylic acids is 2. The van der Waals surface area contributed by atoms with E-state index in [0.29, 0.717) is 12.3 Å². The lowest BCUT2D eigenvalue weighted by atomic mass is 10.3. The van der Waals surface area contributed by atoms with E-state index in [2.05, 4.69) is 10.6 Å². The predicted molar refractivity (Wildman–Crippen MR) is 59.3 cm³/mol. The highest BCUT2D eigenvalue weighted by Gasteiger charge is 2.17. The molecule has 0 spiro atoms. The number of rotatable bonds is 6. The van der Waals surface area contributed by atoms with E-state index in [0.717, 1.165) is 5.75 Å². The second-order valence-corrected chi connectivity index (χ2v) is 4.13. The van der Waals surface area contributed by atoms with E-state index in [-0.39, 0.29) is 11.8 Å².